The fourth-order valence-electron chi connectivity index (χ4n) is 4.85. The van der Waals surface area contributed by atoms with Crippen LogP contribution in [-0.2, 0) is 6.54 Å². The van der Waals surface area contributed by atoms with E-state index in [0.29, 0.717) is 0 Å². The second-order valence-electron chi connectivity index (χ2n) is 10.6. The second kappa shape index (κ2) is 20.0. The van der Waals surface area contributed by atoms with Gasteiger partial charge in [0.1, 0.15) is 6.54 Å². The quantitative estimate of drug-likeness (QED) is 0.124. The van der Waals surface area contributed by atoms with E-state index in [1.165, 1.54) is 120 Å². The minimum Gasteiger partial charge on any atom is -0.375 e. The summed E-state index contributed by atoms with van der Waals surface area (Å²) in [5.41, 5.74) is 3.81. The van der Waals surface area contributed by atoms with E-state index in [1.54, 1.807) is 0 Å². The first-order valence-electron chi connectivity index (χ1n) is 15.2. The Labute approximate surface area is 223 Å². The highest BCUT2D eigenvalue weighted by Gasteiger charge is 2.01. The first-order chi connectivity index (χ1) is 17.7. The van der Waals surface area contributed by atoms with Crippen LogP contribution in [0.1, 0.15) is 128 Å². The zero-order valence-electron chi connectivity index (χ0n) is 23.9. The third kappa shape index (κ3) is 13.9. The van der Waals surface area contributed by atoms with Gasteiger partial charge in [-0.05, 0) is 36.6 Å². The first kappa shape index (κ1) is 30.1. The maximum atomic E-state index is 2.40. The van der Waals surface area contributed by atoms with Crippen LogP contribution in [0.4, 0.5) is 5.69 Å². The lowest BCUT2D eigenvalue weighted by molar-refractivity contribution is -0.693. The lowest BCUT2D eigenvalue weighted by Crippen LogP contribution is -2.30. The molecule has 0 radical (unpaired) electrons. The molecule has 0 atom stereocenters. The highest BCUT2D eigenvalue weighted by molar-refractivity contribution is 5.70. The average Bonchev–Trinajstić information content (AvgIpc) is 2.92. The summed E-state index contributed by atoms with van der Waals surface area (Å²) in [4.78, 5) is 2.40. The van der Waals surface area contributed by atoms with Crippen molar-refractivity contribution in [2.75, 3.05) is 18.5 Å². The Morgan fingerprint density at radius 3 is 1.42 bits per heavy atom. The Morgan fingerprint density at radius 2 is 0.972 bits per heavy atom. The average molecular weight is 492 g/mol. The molecule has 1 aromatic heterocycles. The Balaban J connectivity index is 1.46. The largest absolute Gasteiger partial charge is 0.375 e. The molecule has 1 aromatic carbocycles. The van der Waals surface area contributed by atoms with Crippen LogP contribution in [0.15, 0.2) is 48.8 Å². The summed E-state index contributed by atoms with van der Waals surface area (Å²) in [5.74, 6) is 0. The summed E-state index contributed by atoms with van der Waals surface area (Å²) in [7, 11) is 2.23. The molecule has 2 rings (SSSR count). The predicted molar refractivity (Wildman–Crippen MR) is 160 cm³/mol. The molecule has 0 saturated carbocycles. The van der Waals surface area contributed by atoms with Crippen molar-refractivity contribution in [3.8, 4) is 0 Å². The number of hydrogen-bond donors (Lipinski definition) is 0. The molecule has 0 N–H and O–H groups in total. The number of anilines is 1. The van der Waals surface area contributed by atoms with Crippen LogP contribution in [0, 0.1) is 0 Å². The van der Waals surface area contributed by atoms with Gasteiger partial charge in [-0.1, -0.05) is 128 Å². The van der Waals surface area contributed by atoms with Gasteiger partial charge in [-0.25, -0.2) is 4.57 Å². The number of benzene rings is 1. The van der Waals surface area contributed by atoms with Crippen molar-refractivity contribution in [1.82, 2.24) is 0 Å². The molecule has 2 aromatic rings. The van der Waals surface area contributed by atoms with Gasteiger partial charge in [0.25, 0.3) is 0 Å². The molecule has 0 fully saturated rings. The van der Waals surface area contributed by atoms with Gasteiger partial charge in [-0.3, -0.25) is 0 Å². The van der Waals surface area contributed by atoms with Crippen LogP contribution in [0.5, 0.6) is 0 Å². The van der Waals surface area contributed by atoms with Crippen molar-refractivity contribution in [2.45, 2.75) is 123 Å². The lowest BCUT2D eigenvalue weighted by Gasteiger charge is -2.19. The van der Waals surface area contributed by atoms with Crippen LogP contribution in [0.3, 0.4) is 0 Å². The maximum absolute atomic E-state index is 2.40. The topological polar surface area (TPSA) is 7.12 Å². The van der Waals surface area contributed by atoms with Gasteiger partial charge in [0.05, 0.1) is 0 Å². The third-order valence-electron chi connectivity index (χ3n) is 7.43. The van der Waals surface area contributed by atoms with Crippen LogP contribution in [0.25, 0.3) is 12.2 Å². The number of aromatic nitrogens is 1. The summed E-state index contributed by atoms with van der Waals surface area (Å²) in [6, 6.07) is 13.3. The second-order valence-corrected chi connectivity index (χ2v) is 10.6. The van der Waals surface area contributed by atoms with Crippen molar-refractivity contribution < 1.29 is 4.57 Å². The van der Waals surface area contributed by atoms with Gasteiger partial charge >= 0.3 is 0 Å². The molecule has 0 aliphatic rings. The molecule has 2 heteroatoms. The zero-order valence-corrected chi connectivity index (χ0v) is 23.9. The van der Waals surface area contributed by atoms with E-state index in [-0.39, 0.29) is 0 Å². The minimum absolute atomic E-state index is 1.01. The van der Waals surface area contributed by atoms with E-state index in [1.807, 2.05) is 0 Å². The lowest BCUT2D eigenvalue weighted by atomic mass is 10.0. The standard InChI is InChI=1S/C34H55N2/c1-4-6-7-8-9-10-11-12-13-14-15-16-17-18-19-20-29-35(3)34-25-23-32(24-26-34)21-22-33-27-30-36(5-2)31-28-33/h21-28,30-31H,4-20,29H2,1-3H3/q+1. The molecular weight excluding hydrogens is 436 g/mol. The first-order valence-corrected chi connectivity index (χ1v) is 15.2. The molecule has 0 unspecified atom stereocenters. The van der Waals surface area contributed by atoms with Crippen LogP contribution in [0.2, 0.25) is 0 Å². The molecule has 200 valence electrons. The molecule has 36 heavy (non-hydrogen) atoms. The molecule has 1 heterocycles. The van der Waals surface area contributed by atoms with Crippen molar-refractivity contribution in [3.63, 3.8) is 0 Å². The Kier molecular flexibility index (Phi) is 16.8. The highest BCUT2D eigenvalue weighted by Crippen LogP contribution is 2.17. The van der Waals surface area contributed by atoms with Crippen LogP contribution < -0.4 is 9.47 Å². The zero-order chi connectivity index (χ0) is 25.7. The smallest absolute Gasteiger partial charge is 0.169 e. The molecule has 2 nitrogen and oxygen atoms in total. The Morgan fingerprint density at radius 1 is 0.556 bits per heavy atom. The fourth-order valence-corrected chi connectivity index (χ4v) is 4.85. The summed E-state index contributed by atoms with van der Waals surface area (Å²) < 4.78 is 2.18. The summed E-state index contributed by atoms with van der Waals surface area (Å²) >= 11 is 0. The SMILES string of the molecule is CCCCCCCCCCCCCCCCCCN(C)c1ccc(/C=C/c2cc[n+](CC)cc2)cc1. The number of rotatable bonds is 21. The number of hydrogen-bond acceptors (Lipinski definition) is 1. The van der Waals surface area contributed by atoms with Crippen LogP contribution in [-0.4, -0.2) is 13.6 Å². The minimum atomic E-state index is 1.01. The molecule has 0 saturated heterocycles. The molecule has 0 aliphatic carbocycles. The number of nitrogens with zero attached hydrogens (tertiary/aromatic N) is 2. The van der Waals surface area contributed by atoms with E-state index in [9.17, 15) is 0 Å². The van der Waals surface area contributed by atoms with Crippen molar-refractivity contribution in [3.05, 3.63) is 59.9 Å². The van der Waals surface area contributed by atoms with Crippen molar-refractivity contribution in [2.24, 2.45) is 0 Å². The van der Waals surface area contributed by atoms with E-state index in [0.717, 1.165) is 13.1 Å². The van der Waals surface area contributed by atoms with E-state index in [2.05, 4.69) is 91.3 Å². The number of aryl methyl sites for hydroxylation is 1. The molecule has 0 spiro atoms. The summed E-state index contributed by atoms with van der Waals surface area (Å²) in [6.45, 7) is 6.62. The number of unbranched alkanes of at least 4 members (excludes halogenated alkanes) is 15. The van der Waals surface area contributed by atoms with Gasteiger partial charge in [-0.15, -0.1) is 0 Å². The molecule has 0 bridgehead atoms. The van der Waals surface area contributed by atoms with Gasteiger partial charge in [0.15, 0.2) is 12.4 Å². The molecule has 0 aliphatic heterocycles. The monoisotopic (exact) mass is 491 g/mol. The van der Waals surface area contributed by atoms with Gasteiger partial charge in [0, 0.05) is 31.4 Å². The van der Waals surface area contributed by atoms with E-state index < -0.39 is 0 Å². The Bertz CT molecular complexity index is 791. The fraction of sp³-hybridized carbons (Fsp3) is 0.618. The summed E-state index contributed by atoms with van der Waals surface area (Å²) in [5, 5.41) is 0. The van der Waals surface area contributed by atoms with E-state index in [4.69, 9.17) is 0 Å². The Hall–Kier alpha value is -2.09. The van der Waals surface area contributed by atoms with Gasteiger partial charge < -0.3 is 4.90 Å². The third-order valence-corrected chi connectivity index (χ3v) is 7.43. The molecular formula is C34H55N2+. The normalized spacial score (nSPS) is 11.4. The van der Waals surface area contributed by atoms with Gasteiger partial charge in [0.2, 0.25) is 0 Å². The van der Waals surface area contributed by atoms with Crippen molar-refractivity contribution >= 4 is 17.8 Å². The molecule has 0 amide bonds. The van der Waals surface area contributed by atoms with Crippen LogP contribution >= 0.6 is 0 Å². The van der Waals surface area contributed by atoms with Gasteiger partial charge in [-0.2, -0.15) is 0 Å². The highest BCUT2D eigenvalue weighted by atomic mass is 15.1. The van der Waals surface area contributed by atoms with Crippen molar-refractivity contribution in [1.29, 1.82) is 0 Å². The maximum Gasteiger partial charge on any atom is 0.169 e. The van der Waals surface area contributed by atoms with E-state index >= 15 is 0 Å². The number of pyridine rings is 1. The predicted octanol–water partition coefficient (Wildman–Crippen LogP) is 9.86. The summed E-state index contributed by atoms with van der Waals surface area (Å²) in [6.07, 6.45) is 31.5.